The fourth-order valence-electron chi connectivity index (χ4n) is 0.340. The van der Waals surface area contributed by atoms with Gasteiger partial charge in [0.05, 0.1) is 12.9 Å². The monoisotopic (exact) mass is 116 g/mol. The molecule has 46 valence electrons. The second-order valence-electron chi connectivity index (χ2n) is 1.14. The highest BCUT2D eigenvalue weighted by atomic mass is 16.5. The Balaban J connectivity index is 0.000000145. The molecule has 0 aromatic rings. The molecule has 0 saturated carbocycles. The van der Waals surface area contributed by atoms with Gasteiger partial charge in [-0.15, -0.1) is 0 Å². The third-order valence-corrected chi connectivity index (χ3v) is 0.595. The molecule has 0 aromatic carbocycles. The van der Waals surface area contributed by atoms with Crippen LogP contribution in [0.25, 0.3) is 0 Å². The fourth-order valence-corrected chi connectivity index (χ4v) is 0.340. The van der Waals surface area contributed by atoms with Crippen LogP contribution in [0.2, 0.25) is 0 Å². The number of rotatable bonds is 0. The molecule has 8 heavy (non-hydrogen) atoms. The lowest BCUT2D eigenvalue weighted by Gasteiger charge is -1.79. The topological polar surface area (TPSA) is 46.5 Å². The van der Waals surface area contributed by atoms with E-state index in [1.54, 1.807) is 6.26 Å². The number of hydrogen-bond acceptors (Lipinski definition) is 2. The molecule has 1 heterocycles. The standard InChI is InChI=1S/C4H6O.CH2O2/c1-2-4-5-3-1;2-1-3/h1,3H,2,4H2;1H,(H,2,3). The normalized spacial score (nSPS) is 13.5. The highest BCUT2D eigenvalue weighted by molar-refractivity contribution is 5.32. The molecule has 0 fully saturated rings. The first kappa shape index (κ1) is 7.01. The van der Waals surface area contributed by atoms with Crippen LogP contribution in [0.15, 0.2) is 12.3 Å². The molecule has 0 unspecified atom stereocenters. The van der Waals surface area contributed by atoms with E-state index in [2.05, 4.69) is 0 Å². The summed E-state index contributed by atoms with van der Waals surface area (Å²) in [6.07, 6.45) is 4.85. The van der Waals surface area contributed by atoms with Crippen LogP contribution in [0.1, 0.15) is 6.42 Å². The van der Waals surface area contributed by atoms with Gasteiger partial charge in [0, 0.05) is 6.42 Å². The highest BCUT2D eigenvalue weighted by Gasteiger charge is 1.83. The zero-order valence-electron chi connectivity index (χ0n) is 4.41. The van der Waals surface area contributed by atoms with Gasteiger partial charge in [0.2, 0.25) is 0 Å². The Hall–Kier alpha value is -0.990. The van der Waals surface area contributed by atoms with Gasteiger partial charge in [-0.05, 0) is 6.08 Å². The van der Waals surface area contributed by atoms with E-state index in [-0.39, 0.29) is 6.47 Å². The lowest BCUT2D eigenvalue weighted by Crippen LogP contribution is -1.70. The molecule has 3 nitrogen and oxygen atoms in total. The molecule has 0 saturated heterocycles. The van der Waals surface area contributed by atoms with Crippen LogP contribution in [-0.2, 0) is 9.53 Å². The van der Waals surface area contributed by atoms with Crippen LogP contribution >= 0.6 is 0 Å². The van der Waals surface area contributed by atoms with Crippen LogP contribution in [0.4, 0.5) is 0 Å². The molecule has 1 rings (SSSR count). The summed E-state index contributed by atoms with van der Waals surface area (Å²) < 4.78 is 4.76. The number of hydrogen-bond donors (Lipinski definition) is 1. The predicted molar refractivity (Wildman–Crippen MR) is 28.4 cm³/mol. The van der Waals surface area contributed by atoms with Crippen molar-refractivity contribution in [1.82, 2.24) is 0 Å². The summed E-state index contributed by atoms with van der Waals surface area (Å²) in [5.74, 6) is 0. The molecule has 0 aliphatic carbocycles. The summed E-state index contributed by atoms with van der Waals surface area (Å²) in [6.45, 7) is 0.639. The molecule has 0 spiro atoms. The zero-order chi connectivity index (χ0) is 6.24. The Kier molecular flexibility index (Phi) is 5.27. The van der Waals surface area contributed by atoms with Gasteiger partial charge in [-0.1, -0.05) is 0 Å². The lowest BCUT2D eigenvalue weighted by molar-refractivity contribution is -0.122. The molecule has 0 atom stereocenters. The van der Waals surface area contributed by atoms with Gasteiger partial charge in [0.25, 0.3) is 6.47 Å². The predicted octanol–water partition coefficient (Wildman–Crippen LogP) is 0.621. The van der Waals surface area contributed by atoms with Gasteiger partial charge in [-0.3, -0.25) is 4.79 Å². The van der Waals surface area contributed by atoms with Crippen molar-refractivity contribution in [1.29, 1.82) is 0 Å². The van der Waals surface area contributed by atoms with E-state index >= 15 is 0 Å². The van der Waals surface area contributed by atoms with Crippen molar-refractivity contribution in [2.24, 2.45) is 0 Å². The molecule has 1 N–H and O–H groups in total. The number of ether oxygens (including phenoxy) is 1. The van der Waals surface area contributed by atoms with E-state index in [4.69, 9.17) is 14.6 Å². The summed E-state index contributed by atoms with van der Waals surface area (Å²) >= 11 is 0. The van der Waals surface area contributed by atoms with Crippen molar-refractivity contribution in [3.05, 3.63) is 12.3 Å². The van der Waals surface area contributed by atoms with Crippen LogP contribution in [-0.4, -0.2) is 18.2 Å². The van der Waals surface area contributed by atoms with Crippen molar-refractivity contribution in [2.75, 3.05) is 6.61 Å². The van der Waals surface area contributed by atoms with Gasteiger partial charge in [-0.2, -0.15) is 0 Å². The largest absolute Gasteiger partial charge is 0.501 e. The quantitative estimate of drug-likeness (QED) is 0.472. The van der Waals surface area contributed by atoms with E-state index < -0.39 is 0 Å². The Morgan fingerprint density at radius 3 is 2.50 bits per heavy atom. The first-order valence-corrected chi connectivity index (χ1v) is 2.26. The third-order valence-electron chi connectivity index (χ3n) is 0.595. The number of carbonyl (C=O) groups is 1. The van der Waals surface area contributed by atoms with Crippen molar-refractivity contribution in [3.8, 4) is 0 Å². The molecule has 1 aliphatic heterocycles. The minimum absolute atomic E-state index is 0.250. The molecule has 0 bridgehead atoms. The molecule has 0 radical (unpaired) electrons. The van der Waals surface area contributed by atoms with Crippen molar-refractivity contribution >= 4 is 6.47 Å². The second kappa shape index (κ2) is 6.01. The fraction of sp³-hybridized carbons (Fsp3) is 0.400. The van der Waals surface area contributed by atoms with Crippen LogP contribution in [0, 0.1) is 0 Å². The third kappa shape index (κ3) is 5.01. The Bertz CT molecular complexity index is 71.7. The average molecular weight is 116 g/mol. The van der Waals surface area contributed by atoms with Gasteiger partial charge < -0.3 is 9.84 Å². The van der Waals surface area contributed by atoms with Crippen LogP contribution in [0.3, 0.4) is 0 Å². The van der Waals surface area contributed by atoms with Crippen molar-refractivity contribution in [3.63, 3.8) is 0 Å². The zero-order valence-corrected chi connectivity index (χ0v) is 4.41. The van der Waals surface area contributed by atoms with Gasteiger partial charge in [0.15, 0.2) is 0 Å². The number of carboxylic acid groups (broad SMARTS) is 1. The minimum atomic E-state index is -0.250. The van der Waals surface area contributed by atoms with Crippen molar-refractivity contribution in [2.45, 2.75) is 6.42 Å². The Morgan fingerprint density at radius 2 is 2.38 bits per heavy atom. The van der Waals surface area contributed by atoms with E-state index in [1.165, 1.54) is 0 Å². The summed E-state index contributed by atoms with van der Waals surface area (Å²) in [7, 11) is 0. The van der Waals surface area contributed by atoms with Crippen LogP contribution in [0.5, 0.6) is 0 Å². The molecule has 1 aliphatic rings. The van der Waals surface area contributed by atoms with Gasteiger partial charge in [-0.25, -0.2) is 0 Å². The van der Waals surface area contributed by atoms with E-state index in [9.17, 15) is 0 Å². The minimum Gasteiger partial charge on any atom is -0.501 e. The van der Waals surface area contributed by atoms with E-state index in [1.807, 2.05) is 6.08 Å². The molecule has 0 aromatic heterocycles. The van der Waals surface area contributed by atoms with Gasteiger partial charge >= 0.3 is 0 Å². The molecular weight excluding hydrogens is 108 g/mol. The average Bonchev–Trinajstić information content (AvgIpc) is 2.17. The van der Waals surface area contributed by atoms with Crippen molar-refractivity contribution < 1.29 is 14.6 Å². The summed E-state index contributed by atoms with van der Waals surface area (Å²) in [6, 6.07) is 0. The highest BCUT2D eigenvalue weighted by Crippen LogP contribution is 1.93. The van der Waals surface area contributed by atoms with E-state index in [0.717, 1.165) is 13.0 Å². The first-order valence-electron chi connectivity index (χ1n) is 2.26. The summed E-state index contributed by atoms with van der Waals surface area (Å²) in [5, 5.41) is 6.89. The lowest BCUT2D eigenvalue weighted by atomic mass is 10.5. The molecule has 3 heteroatoms. The Labute approximate surface area is 47.6 Å². The van der Waals surface area contributed by atoms with E-state index in [0.29, 0.717) is 0 Å². The molecular formula is C5H8O3. The first-order chi connectivity index (χ1) is 3.91. The summed E-state index contributed by atoms with van der Waals surface area (Å²) in [4.78, 5) is 8.36. The summed E-state index contributed by atoms with van der Waals surface area (Å²) in [5.41, 5.74) is 0. The Morgan fingerprint density at radius 1 is 1.75 bits per heavy atom. The molecule has 0 amide bonds. The smallest absolute Gasteiger partial charge is 0.290 e. The SMILES string of the molecule is C1=COCC1.O=CO. The maximum absolute atomic E-state index is 8.36. The second-order valence-corrected chi connectivity index (χ2v) is 1.14. The maximum Gasteiger partial charge on any atom is 0.290 e. The van der Waals surface area contributed by atoms with Crippen LogP contribution < -0.4 is 0 Å². The van der Waals surface area contributed by atoms with Gasteiger partial charge in [0.1, 0.15) is 0 Å². The maximum atomic E-state index is 8.36.